The van der Waals surface area contributed by atoms with Crippen molar-refractivity contribution in [2.45, 2.75) is 61.8 Å². The van der Waals surface area contributed by atoms with Gasteiger partial charge in [0.15, 0.2) is 5.65 Å². The standard InChI is InChI=1S/C25H34N6O4S/c1-26-17-11-13-31(14-12-17)36(33,34)18-9-10-19(20(15-18)35-3)23-27-24-21(25(32)28-23)22(29-30(24)2)16-7-5-4-6-8-16/h9-10,15-17,26H,4-8,11-14H2,1-3H3,(H,27,28,32). The topological polar surface area (TPSA) is 122 Å². The molecule has 36 heavy (non-hydrogen) atoms. The number of piperidine rings is 1. The van der Waals surface area contributed by atoms with Gasteiger partial charge in [-0.2, -0.15) is 9.40 Å². The molecule has 0 atom stereocenters. The fraction of sp³-hybridized carbons (Fsp3) is 0.560. The second-order valence-corrected chi connectivity index (χ2v) is 11.7. The Balaban J connectivity index is 1.50. The summed E-state index contributed by atoms with van der Waals surface area (Å²) in [4.78, 5) is 21.0. The maximum atomic E-state index is 13.3. The highest BCUT2D eigenvalue weighted by Gasteiger charge is 2.30. The Morgan fingerprint density at radius 3 is 2.50 bits per heavy atom. The van der Waals surface area contributed by atoms with Crippen LogP contribution in [0.3, 0.4) is 0 Å². The minimum atomic E-state index is -3.66. The second kappa shape index (κ2) is 9.95. The van der Waals surface area contributed by atoms with Crippen LogP contribution in [0.5, 0.6) is 5.75 Å². The number of ether oxygens (including phenoxy) is 1. The number of hydrogen-bond acceptors (Lipinski definition) is 7. The first kappa shape index (κ1) is 24.9. The number of aryl methyl sites for hydroxylation is 1. The Morgan fingerprint density at radius 2 is 1.83 bits per heavy atom. The molecule has 1 aromatic carbocycles. The summed E-state index contributed by atoms with van der Waals surface area (Å²) in [6.45, 7) is 0.931. The highest BCUT2D eigenvalue weighted by Crippen LogP contribution is 2.36. The first-order valence-corrected chi connectivity index (χ1v) is 14.1. The molecule has 0 radical (unpaired) electrons. The SMILES string of the molecule is CNC1CCN(S(=O)(=O)c2ccc(-c3nc4c(c(C5CCCCC5)nn4C)c(=O)[nH]3)c(OC)c2)CC1. The molecule has 0 bridgehead atoms. The molecule has 1 saturated carbocycles. The molecule has 0 amide bonds. The van der Waals surface area contributed by atoms with Gasteiger partial charge in [0.2, 0.25) is 10.0 Å². The maximum absolute atomic E-state index is 13.3. The largest absolute Gasteiger partial charge is 0.496 e. The first-order chi connectivity index (χ1) is 17.3. The molecule has 11 heteroatoms. The average Bonchev–Trinajstić information content (AvgIpc) is 3.25. The van der Waals surface area contributed by atoms with E-state index in [0.29, 0.717) is 47.3 Å². The van der Waals surface area contributed by atoms with Crippen molar-refractivity contribution < 1.29 is 13.2 Å². The van der Waals surface area contributed by atoms with Gasteiger partial charge in [-0.05, 0) is 44.9 Å². The molecule has 2 aliphatic rings. The van der Waals surface area contributed by atoms with Gasteiger partial charge in [0.05, 0.1) is 23.3 Å². The van der Waals surface area contributed by atoms with Crippen LogP contribution >= 0.6 is 0 Å². The number of H-pyrrole nitrogens is 1. The zero-order chi connectivity index (χ0) is 25.4. The number of fused-ring (bicyclic) bond motifs is 1. The van der Waals surface area contributed by atoms with Crippen molar-refractivity contribution in [2.75, 3.05) is 27.2 Å². The lowest BCUT2D eigenvalue weighted by atomic mass is 9.86. The Kier molecular flexibility index (Phi) is 6.88. The molecule has 3 heterocycles. The molecule has 1 saturated heterocycles. The fourth-order valence-electron chi connectivity index (χ4n) is 5.54. The highest BCUT2D eigenvalue weighted by molar-refractivity contribution is 7.89. The van der Waals surface area contributed by atoms with Gasteiger partial charge in [0, 0.05) is 38.2 Å². The predicted octanol–water partition coefficient (Wildman–Crippen LogP) is 2.75. The molecule has 5 rings (SSSR count). The van der Waals surface area contributed by atoms with Crippen LogP contribution in [0, 0.1) is 0 Å². The summed E-state index contributed by atoms with van der Waals surface area (Å²) in [6.07, 6.45) is 7.11. The molecule has 194 valence electrons. The lowest BCUT2D eigenvalue weighted by Crippen LogP contribution is -2.43. The van der Waals surface area contributed by atoms with E-state index < -0.39 is 10.0 Å². The van der Waals surface area contributed by atoms with E-state index in [4.69, 9.17) is 9.72 Å². The summed E-state index contributed by atoms with van der Waals surface area (Å²) in [5.74, 6) is 0.924. The molecule has 10 nitrogen and oxygen atoms in total. The minimum Gasteiger partial charge on any atom is -0.496 e. The lowest BCUT2D eigenvalue weighted by Gasteiger charge is -2.31. The van der Waals surface area contributed by atoms with Crippen LogP contribution < -0.4 is 15.6 Å². The average molecular weight is 515 g/mol. The predicted molar refractivity (Wildman–Crippen MR) is 138 cm³/mol. The zero-order valence-corrected chi connectivity index (χ0v) is 21.9. The Hall–Kier alpha value is -2.76. The summed E-state index contributed by atoms with van der Waals surface area (Å²) >= 11 is 0. The molecule has 3 aromatic rings. The molecule has 0 unspecified atom stereocenters. The molecule has 2 aromatic heterocycles. The summed E-state index contributed by atoms with van der Waals surface area (Å²) < 4.78 is 35.3. The van der Waals surface area contributed by atoms with Crippen LogP contribution in [-0.2, 0) is 17.1 Å². The van der Waals surface area contributed by atoms with Crippen LogP contribution in [0.25, 0.3) is 22.4 Å². The monoisotopic (exact) mass is 514 g/mol. The van der Waals surface area contributed by atoms with Crippen molar-refractivity contribution in [1.82, 2.24) is 29.4 Å². The third-order valence-corrected chi connectivity index (χ3v) is 9.54. The van der Waals surface area contributed by atoms with E-state index in [2.05, 4.69) is 15.4 Å². The Labute approximate surface area is 211 Å². The number of methoxy groups -OCH3 is 1. The van der Waals surface area contributed by atoms with Crippen LogP contribution in [0.1, 0.15) is 56.6 Å². The number of sulfonamides is 1. The first-order valence-electron chi connectivity index (χ1n) is 12.7. The molecular weight excluding hydrogens is 480 g/mol. The smallest absolute Gasteiger partial charge is 0.262 e. The van der Waals surface area contributed by atoms with Crippen molar-refractivity contribution in [3.05, 3.63) is 34.2 Å². The summed E-state index contributed by atoms with van der Waals surface area (Å²) in [5, 5.41) is 8.43. The van der Waals surface area contributed by atoms with Gasteiger partial charge in [-0.25, -0.2) is 18.1 Å². The Bertz CT molecular complexity index is 1420. The molecule has 2 fully saturated rings. The highest BCUT2D eigenvalue weighted by atomic mass is 32.2. The van der Waals surface area contributed by atoms with E-state index >= 15 is 0 Å². The Morgan fingerprint density at radius 1 is 1.11 bits per heavy atom. The van der Waals surface area contributed by atoms with Gasteiger partial charge in [-0.1, -0.05) is 19.3 Å². The van der Waals surface area contributed by atoms with Gasteiger partial charge in [0.1, 0.15) is 17.0 Å². The number of hydrogen-bond donors (Lipinski definition) is 2. The van der Waals surface area contributed by atoms with Crippen LogP contribution in [-0.4, -0.2) is 65.8 Å². The van der Waals surface area contributed by atoms with E-state index in [1.165, 1.54) is 23.9 Å². The second-order valence-electron chi connectivity index (χ2n) is 9.79. The number of nitrogens with zero attached hydrogens (tertiary/aromatic N) is 4. The summed E-state index contributed by atoms with van der Waals surface area (Å²) in [6, 6.07) is 5.04. The van der Waals surface area contributed by atoms with Gasteiger partial charge < -0.3 is 15.0 Å². The van der Waals surface area contributed by atoms with E-state index in [9.17, 15) is 13.2 Å². The molecule has 2 N–H and O–H groups in total. The van der Waals surface area contributed by atoms with Crippen LogP contribution in [0.15, 0.2) is 27.9 Å². The van der Waals surface area contributed by atoms with Crippen molar-refractivity contribution in [1.29, 1.82) is 0 Å². The van der Waals surface area contributed by atoms with Crippen molar-refractivity contribution in [3.63, 3.8) is 0 Å². The quantitative estimate of drug-likeness (QED) is 0.519. The summed E-state index contributed by atoms with van der Waals surface area (Å²) in [7, 11) is 1.52. The van der Waals surface area contributed by atoms with E-state index in [1.807, 2.05) is 7.05 Å². The summed E-state index contributed by atoms with van der Waals surface area (Å²) in [5.41, 5.74) is 1.61. The normalized spacial score (nSPS) is 18.6. The number of rotatable bonds is 6. The number of aromatic nitrogens is 4. The van der Waals surface area contributed by atoms with Crippen LogP contribution in [0.2, 0.25) is 0 Å². The minimum absolute atomic E-state index is 0.162. The van der Waals surface area contributed by atoms with Gasteiger partial charge in [0.25, 0.3) is 5.56 Å². The third kappa shape index (κ3) is 4.44. The van der Waals surface area contributed by atoms with Crippen molar-refractivity contribution >= 4 is 21.1 Å². The zero-order valence-electron chi connectivity index (χ0n) is 21.1. The van der Waals surface area contributed by atoms with Crippen LogP contribution in [0.4, 0.5) is 0 Å². The van der Waals surface area contributed by atoms with Gasteiger partial charge in [-0.3, -0.25) is 4.79 Å². The van der Waals surface area contributed by atoms with E-state index in [-0.39, 0.29) is 16.4 Å². The van der Waals surface area contributed by atoms with Crippen molar-refractivity contribution in [2.24, 2.45) is 7.05 Å². The number of benzene rings is 1. The number of aromatic amines is 1. The molecule has 0 spiro atoms. The molecular formula is C25H34N6O4S. The van der Waals surface area contributed by atoms with E-state index in [0.717, 1.165) is 44.2 Å². The molecule has 1 aliphatic heterocycles. The lowest BCUT2D eigenvalue weighted by molar-refractivity contribution is 0.298. The van der Waals surface area contributed by atoms with Gasteiger partial charge in [-0.15, -0.1) is 0 Å². The fourth-order valence-corrected chi connectivity index (χ4v) is 7.02. The van der Waals surface area contributed by atoms with Crippen molar-refractivity contribution in [3.8, 4) is 17.1 Å². The van der Waals surface area contributed by atoms with E-state index in [1.54, 1.807) is 23.9 Å². The third-order valence-electron chi connectivity index (χ3n) is 7.64. The van der Waals surface area contributed by atoms with Gasteiger partial charge >= 0.3 is 0 Å². The molecule has 1 aliphatic carbocycles. The maximum Gasteiger partial charge on any atom is 0.262 e. The number of nitrogens with one attached hydrogen (secondary N) is 2.